The number of benzene rings is 2. The smallest absolute Gasteiger partial charge is 0.0681 e. The molecule has 0 atom stereocenters. The van der Waals surface area contributed by atoms with Gasteiger partial charge in [-0.1, -0.05) is 60.7 Å². The zero-order chi connectivity index (χ0) is 14.2. The molecule has 0 radical (unpaired) electrons. The van der Waals surface area contributed by atoms with E-state index in [-0.39, 0.29) is 13.2 Å². The number of hydrogen-bond donors (Lipinski definition) is 2. The minimum atomic E-state index is 0.0972. The Kier molecular flexibility index (Phi) is 5.54. The van der Waals surface area contributed by atoms with Crippen LogP contribution >= 0.6 is 0 Å². The summed E-state index contributed by atoms with van der Waals surface area (Å²) in [7, 11) is 0. The Hall–Kier alpha value is -1.90. The van der Waals surface area contributed by atoms with E-state index in [4.69, 9.17) is 10.2 Å². The van der Waals surface area contributed by atoms with Gasteiger partial charge in [0, 0.05) is 0 Å². The maximum Gasteiger partial charge on any atom is 0.0681 e. The van der Waals surface area contributed by atoms with E-state index >= 15 is 0 Å². The van der Waals surface area contributed by atoms with Crippen molar-refractivity contribution in [1.82, 2.24) is 0 Å². The molecule has 0 aliphatic carbocycles. The molecule has 2 aromatic carbocycles. The third-order valence-corrected chi connectivity index (χ3v) is 3.28. The molecule has 0 aromatic heterocycles. The standard InChI is InChI=1S/C18H20O2/c19-13-17-9-5-15(6-10-17)3-1-2-4-16-7-11-18(14-20)12-8-16/h1-2,5-12,19-20H,3-4,13-14H2. The fourth-order valence-corrected chi connectivity index (χ4v) is 2.00. The van der Waals surface area contributed by atoms with Crippen molar-refractivity contribution >= 4 is 0 Å². The molecule has 0 aliphatic heterocycles. The molecule has 0 fully saturated rings. The highest BCUT2D eigenvalue weighted by atomic mass is 16.3. The highest BCUT2D eigenvalue weighted by molar-refractivity contribution is 5.25. The number of rotatable bonds is 6. The molecule has 2 nitrogen and oxygen atoms in total. The average molecular weight is 268 g/mol. The molecule has 0 unspecified atom stereocenters. The molecule has 0 bridgehead atoms. The SMILES string of the molecule is OCc1ccc(CC=CCc2ccc(CO)cc2)cc1. The number of aliphatic hydroxyl groups is 2. The first kappa shape index (κ1) is 14.5. The molecule has 104 valence electrons. The Balaban J connectivity index is 1.83. The quantitative estimate of drug-likeness (QED) is 0.791. The third-order valence-electron chi connectivity index (χ3n) is 3.28. The summed E-state index contributed by atoms with van der Waals surface area (Å²) < 4.78 is 0. The van der Waals surface area contributed by atoms with Crippen LogP contribution in [0.15, 0.2) is 60.7 Å². The predicted molar refractivity (Wildman–Crippen MR) is 81.3 cm³/mol. The monoisotopic (exact) mass is 268 g/mol. The molecule has 0 spiro atoms. The molecule has 2 heteroatoms. The second kappa shape index (κ2) is 7.63. The minimum Gasteiger partial charge on any atom is -0.392 e. The lowest BCUT2D eigenvalue weighted by molar-refractivity contribution is 0.281. The average Bonchev–Trinajstić information content (AvgIpc) is 2.53. The van der Waals surface area contributed by atoms with Crippen LogP contribution in [0.25, 0.3) is 0 Å². The fourth-order valence-electron chi connectivity index (χ4n) is 2.00. The molecule has 2 N–H and O–H groups in total. The maximum absolute atomic E-state index is 8.98. The van der Waals surface area contributed by atoms with Gasteiger partial charge in [0.1, 0.15) is 0 Å². The third kappa shape index (κ3) is 4.34. The van der Waals surface area contributed by atoms with Gasteiger partial charge < -0.3 is 10.2 Å². The Labute approximate surface area is 120 Å². The van der Waals surface area contributed by atoms with Gasteiger partial charge in [-0.15, -0.1) is 0 Å². The van der Waals surface area contributed by atoms with Crippen LogP contribution < -0.4 is 0 Å². The summed E-state index contributed by atoms with van der Waals surface area (Å²) in [6.07, 6.45) is 6.13. The highest BCUT2D eigenvalue weighted by Crippen LogP contribution is 2.08. The van der Waals surface area contributed by atoms with Crippen molar-refractivity contribution in [3.63, 3.8) is 0 Å². The minimum absolute atomic E-state index is 0.0972. The molecular formula is C18H20O2. The lowest BCUT2D eigenvalue weighted by Gasteiger charge is -2.00. The maximum atomic E-state index is 8.98. The first-order valence-electron chi connectivity index (χ1n) is 6.84. The molecular weight excluding hydrogens is 248 g/mol. The van der Waals surface area contributed by atoms with Gasteiger partial charge in [0.2, 0.25) is 0 Å². The van der Waals surface area contributed by atoms with Crippen molar-refractivity contribution in [3.05, 3.63) is 82.9 Å². The molecule has 0 amide bonds. The van der Waals surface area contributed by atoms with Crippen LogP contribution in [0.2, 0.25) is 0 Å². The van der Waals surface area contributed by atoms with Crippen LogP contribution in [-0.2, 0) is 26.1 Å². The fraction of sp³-hybridized carbons (Fsp3) is 0.222. The lowest BCUT2D eigenvalue weighted by atomic mass is 10.1. The summed E-state index contributed by atoms with van der Waals surface area (Å²) in [5, 5.41) is 18.0. The molecule has 2 aromatic rings. The Bertz CT molecular complexity index is 487. The lowest BCUT2D eigenvalue weighted by Crippen LogP contribution is -1.87. The van der Waals surface area contributed by atoms with Crippen LogP contribution in [0.3, 0.4) is 0 Å². The Morgan fingerprint density at radius 2 is 0.850 bits per heavy atom. The normalized spacial score (nSPS) is 11.1. The van der Waals surface area contributed by atoms with Gasteiger partial charge in [0.25, 0.3) is 0 Å². The van der Waals surface area contributed by atoms with Crippen LogP contribution in [0, 0.1) is 0 Å². The highest BCUT2D eigenvalue weighted by Gasteiger charge is 1.93. The number of hydrogen-bond acceptors (Lipinski definition) is 2. The topological polar surface area (TPSA) is 40.5 Å². The Morgan fingerprint density at radius 3 is 1.15 bits per heavy atom. The van der Waals surface area contributed by atoms with E-state index in [9.17, 15) is 0 Å². The van der Waals surface area contributed by atoms with Crippen molar-refractivity contribution in [2.75, 3.05) is 0 Å². The van der Waals surface area contributed by atoms with Gasteiger partial charge in [-0.2, -0.15) is 0 Å². The largest absolute Gasteiger partial charge is 0.392 e. The van der Waals surface area contributed by atoms with Gasteiger partial charge in [-0.25, -0.2) is 0 Å². The van der Waals surface area contributed by atoms with Crippen molar-refractivity contribution in [3.8, 4) is 0 Å². The number of aliphatic hydroxyl groups excluding tert-OH is 2. The first-order chi connectivity index (χ1) is 9.81. The predicted octanol–water partition coefficient (Wildman–Crippen LogP) is 3.01. The first-order valence-corrected chi connectivity index (χ1v) is 6.84. The van der Waals surface area contributed by atoms with Crippen molar-refractivity contribution in [2.45, 2.75) is 26.1 Å². The molecule has 0 saturated carbocycles. The van der Waals surface area contributed by atoms with Gasteiger partial charge >= 0.3 is 0 Å². The molecule has 0 aliphatic rings. The van der Waals surface area contributed by atoms with Crippen LogP contribution in [-0.4, -0.2) is 10.2 Å². The summed E-state index contributed by atoms with van der Waals surface area (Å²) in [6, 6.07) is 16.0. The van der Waals surface area contributed by atoms with Gasteiger partial charge in [0.15, 0.2) is 0 Å². The molecule has 20 heavy (non-hydrogen) atoms. The van der Waals surface area contributed by atoms with E-state index in [0.29, 0.717) is 0 Å². The second-order valence-electron chi connectivity index (χ2n) is 4.83. The van der Waals surface area contributed by atoms with Crippen LogP contribution in [0.4, 0.5) is 0 Å². The number of allylic oxidation sites excluding steroid dienone is 2. The Morgan fingerprint density at radius 1 is 0.550 bits per heavy atom. The molecule has 0 heterocycles. The summed E-state index contributed by atoms with van der Waals surface area (Å²) >= 11 is 0. The van der Waals surface area contributed by atoms with Crippen molar-refractivity contribution in [1.29, 1.82) is 0 Å². The summed E-state index contributed by atoms with van der Waals surface area (Å²) in [5.41, 5.74) is 4.38. The summed E-state index contributed by atoms with van der Waals surface area (Å²) in [5.74, 6) is 0. The van der Waals surface area contributed by atoms with E-state index in [0.717, 1.165) is 24.0 Å². The van der Waals surface area contributed by atoms with E-state index in [2.05, 4.69) is 12.2 Å². The summed E-state index contributed by atoms with van der Waals surface area (Å²) in [6.45, 7) is 0.194. The molecule has 2 rings (SSSR count). The zero-order valence-electron chi connectivity index (χ0n) is 11.5. The zero-order valence-corrected chi connectivity index (χ0v) is 11.5. The van der Waals surface area contributed by atoms with Gasteiger partial charge in [-0.3, -0.25) is 0 Å². The van der Waals surface area contributed by atoms with Crippen LogP contribution in [0.1, 0.15) is 22.3 Å². The van der Waals surface area contributed by atoms with E-state index in [1.807, 2.05) is 48.5 Å². The van der Waals surface area contributed by atoms with Crippen molar-refractivity contribution in [2.24, 2.45) is 0 Å². The molecule has 0 saturated heterocycles. The second-order valence-corrected chi connectivity index (χ2v) is 4.83. The van der Waals surface area contributed by atoms with Gasteiger partial charge in [-0.05, 0) is 35.1 Å². The van der Waals surface area contributed by atoms with E-state index in [1.165, 1.54) is 11.1 Å². The van der Waals surface area contributed by atoms with Crippen molar-refractivity contribution < 1.29 is 10.2 Å². The van der Waals surface area contributed by atoms with Gasteiger partial charge in [0.05, 0.1) is 13.2 Å². The summed E-state index contributed by atoms with van der Waals surface area (Å²) in [4.78, 5) is 0. The van der Waals surface area contributed by atoms with E-state index < -0.39 is 0 Å². The van der Waals surface area contributed by atoms with E-state index in [1.54, 1.807) is 0 Å². The van der Waals surface area contributed by atoms with Crippen LogP contribution in [0.5, 0.6) is 0 Å².